The number of phenols is 1. The second-order valence-electron chi connectivity index (χ2n) is 8.05. The van der Waals surface area contributed by atoms with Crippen LogP contribution in [0.25, 0.3) is 0 Å². The fraction of sp³-hybridized carbons (Fsp3) is 0.364. The number of hydrogen-bond acceptors (Lipinski definition) is 3. The van der Waals surface area contributed by atoms with Crippen LogP contribution in [0.15, 0.2) is 42.5 Å². The number of carbonyl (C=O) groups is 2. The van der Waals surface area contributed by atoms with Gasteiger partial charge in [0.15, 0.2) is 0 Å². The van der Waals surface area contributed by atoms with Crippen molar-refractivity contribution in [3.8, 4) is 5.75 Å². The molecular weight excluding hydrogens is 342 g/mol. The Bertz CT molecular complexity index is 845. The Hall–Kier alpha value is -2.82. The van der Waals surface area contributed by atoms with Crippen LogP contribution in [0.3, 0.4) is 0 Å². The fourth-order valence-corrected chi connectivity index (χ4v) is 3.65. The highest BCUT2D eigenvalue weighted by molar-refractivity contribution is 6.07. The van der Waals surface area contributed by atoms with Gasteiger partial charge in [-0.1, -0.05) is 19.9 Å². The van der Waals surface area contributed by atoms with E-state index in [1.807, 2.05) is 6.07 Å². The van der Waals surface area contributed by atoms with E-state index in [0.29, 0.717) is 22.6 Å². The van der Waals surface area contributed by atoms with Crippen molar-refractivity contribution in [1.82, 2.24) is 0 Å². The van der Waals surface area contributed by atoms with Gasteiger partial charge < -0.3 is 15.5 Å². The molecule has 1 aliphatic carbocycles. The van der Waals surface area contributed by atoms with Crippen LogP contribution in [0.4, 0.5) is 5.69 Å². The minimum atomic E-state index is -1.08. The zero-order valence-electron chi connectivity index (χ0n) is 15.7. The van der Waals surface area contributed by atoms with E-state index in [2.05, 4.69) is 19.2 Å². The fourth-order valence-electron chi connectivity index (χ4n) is 3.65. The van der Waals surface area contributed by atoms with Gasteiger partial charge in [0, 0.05) is 5.56 Å². The molecule has 0 aromatic heterocycles. The second-order valence-corrected chi connectivity index (χ2v) is 8.05. The summed E-state index contributed by atoms with van der Waals surface area (Å²) in [7, 11) is 0. The average molecular weight is 367 g/mol. The van der Waals surface area contributed by atoms with Gasteiger partial charge in [-0.15, -0.1) is 0 Å². The third-order valence-electron chi connectivity index (χ3n) is 5.46. The van der Waals surface area contributed by atoms with Crippen LogP contribution < -0.4 is 5.32 Å². The molecule has 142 valence electrons. The molecule has 2 aromatic rings. The van der Waals surface area contributed by atoms with Crippen molar-refractivity contribution in [3.05, 3.63) is 59.2 Å². The molecule has 0 bridgehead atoms. The van der Waals surface area contributed by atoms with Crippen LogP contribution in [0.1, 0.15) is 71.7 Å². The lowest BCUT2D eigenvalue weighted by atomic mass is 9.71. The lowest BCUT2D eigenvalue weighted by Gasteiger charge is -2.34. The summed E-state index contributed by atoms with van der Waals surface area (Å²) in [6.07, 6.45) is 4.39. The number of amides is 1. The van der Waals surface area contributed by atoms with Crippen LogP contribution >= 0.6 is 0 Å². The number of hydrogen-bond donors (Lipinski definition) is 3. The summed E-state index contributed by atoms with van der Waals surface area (Å²) in [4.78, 5) is 24.1. The first-order valence-corrected chi connectivity index (χ1v) is 9.23. The Balaban J connectivity index is 1.85. The van der Waals surface area contributed by atoms with Gasteiger partial charge in [-0.05, 0) is 79.0 Å². The third kappa shape index (κ3) is 4.48. The summed E-state index contributed by atoms with van der Waals surface area (Å²) < 4.78 is 0. The molecular formula is C22H25NO4. The van der Waals surface area contributed by atoms with Crippen LogP contribution in [-0.2, 0) is 0 Å². The minimum Gasteiger partial charge on any atom is -0.508 e. The predicted octanol–water partition coefficient (Wildman–Crippen LogP) is 5.03. The van der Waals surface area contributed by atoms with Crippen LogP contribution in [0, 0.1) is 5.41 Å². The average Bonchev–Trinajstić information content (AvgIpc) is 2.62. The SMILES string of the molecule is CC1(C)CCC(c2ccc(C(=O)O)c(NC(=O)c3ccc(O)cc3)c2)CC1. The highest BCUT2D eigenvalue weighted by Gasteiger charge is 2.28. The van der Waals surface area contributed by atoms with Crippen molar-refractivity contribution >= 4 is 17.6 Å². The first kappa shape index (κ1) is 19.0. The van der Waals surface area contributed by atoms with Gasteiger partial charge in [0.05, 0.1) is 11.3 Å². The monoisotopic (exact) mass is 367 g/mol. The summed E-state index contributed by atoms with van der Waals surface area (Å²) in [6.45, 7) is 4.56. The summed E-state index contributed by atoms with van der Waals surface area (Å²) in [5.74, 6) is -1.03. The second kappa shape index (κ2) is 7.43. The van der Waals surface area contributed by atoms with Crippen molar-refractivity contribution in [2.45, 2.75) is 45.4 Å². The first-order valence-electron chi connectivity index (χ1n) is 9.23. The normalized spacial score (nSPS) is 16.7. The quantitative estimate of drug-likeness (QED) is 0.707. The summed E-state index contributed by atoms with van der Waals surface area (Å²) in [5.41, 5.74) is 2.16. The number of carboxylic acid groups (broad SMARTS) is 1. The van der Waals surface area contributed by atoms with E-state index in [-0.39, 0.29) is 11.3 Å². The van der Waals surface area contributed by atoms with Gasteiger partial charge in [0.25, 0.3) is 5.91 Å². The topological polar surface area (TPSA) is 86.6 Å². The molecule has 1 aliphatic rings. The highest BCUT2D eigenvalue weighted by atomic mass is 16.4. The molecule has 5 nitrogen and oxygen atoms in total. The number of aromatic hydroxyl groups is 1. The van der Waals surface area contributed by atoms with Gasteiger partial charge in [-0.2, -0.15) is 0 Å². The van der Waals surface area contributed by atoms with Gasteiger partial charge in [-0.25, -0.2) is 4.79 Å². The first-order chi connectivity index (χ1) is 12.7. The molecule has 2 aromatic carbocycles. The van der Waals surface area contributed by atoms with Crippen molar-refractivity contribution in [2.24, 2.45) is 5.41 Å². The van der Waals surface area contributed by atoms with Crippen molar-refractivity contribution in [2.75, 3.05) is 5.32 Å². The molecule has 3 rings (SSSR count). The summed E-state index contributed by atoms with van der Waals surface area (Å²) in [5, 5.41) is 21.5. The van der Waals surface area contributed by atoms with E-state index in [0.717, 1.165) is 31.2 Å². The van der Waals surface area contributed by atoms with Crippen LogP contribution in [0.5, 0.6) is 5.75 Å². The molecule has 5 heteroatoms. The maximum Gasteiger partial charge on any atom is 0.337 e. The standard InChI is InChI=1S/C22H25NO4/c1-22(2)11-9-14(10-12-22)16-5-8-18(21(26)27)19(13-16)23-20(25)15-3-6-17(24)7-4-15/h3-8,13-14,24H,9-12H2,1-2H3,(H,23,25)(H,26,27). The highest BCUT2D eigenvalue weighted by Crippen LogP contribution is 2.43. The van der Waals surface area contributed by atoms with Gasteiger partial charge in [0.2, 0.25) is 0 Å². The van der Waals surface area contributed by atoms with Gasteiger partial charge >= 0.3 is 5.97 Å². The van der Waals surface area contributed by atoms with Crippen LogP contribution in [-0.4, -0.2) is 22.1 Å². The van der Waals surface area contributed by atoms with Crippen molar-refractivity contribution in [1.29, 1.82) is 0 Å². The molecule has 1 amide bonds. The third-order valence-corrected chi connectivity index (χ3v) is 5.46. The van der Waals surface area contributed by atoms with E-state index in [9.17, 15) is 19.8 Å². The van der Waals surface area contributed by atoms with E-state index >= 15 is 0 Å². The van der Waals surface area contributed by atoms with Gasteiger partial charge in [0.1, 0.15) is 5.75 Å². The molecule has 0 heterocycles. The number of aromatic carboxylic acids is 1. The molecule has 0 radical (unpaired) electrons. The number of nitrogens with one attached hydrogen (secondary N) is 1. The molecule has 0 spiro atoms. The Morgan fingerprint density at radius 1 is 1.04 bits per heavy atom. The molecule has 0 unspecified atom stereocenters. The zero-order chi connectivity index (χ0) is 19.6. The molecule has 1 fully saturated rings. The molecule has 0 atom stereocenters. The zero-order valence-corrected chi connectivity index (χ0v) is 15.7. The van der Waals surface area contributed by atoms with Crippen molar-refractivity contribution in [3.63, 3.8) is 0 Å². The summed E-state index contributed by atoms with van der Waals surface area (Å²) in [6, 6.07) is 11.1. The molecule has 3 N–H and O–H groups in total. The van der Waals surface area contributed by atoms with Gasteiger partial charge in [-0.3, -0.25) is 4.79 Å². The number of anilines is 1. The van der Waals surface area contributed by atoms with E-state index in [4.69, 9.17) is 0 Å². The van der Waals surface area contributed by atoms with E-state index in [1.54, 1.807) is 12.1 Å². The molecule has 1 saturated carbocycles. The lowest BCUT2D eigenvalue weighted by molar-refractivity contribution is 0.0698. The number of phenolic OH excluding ortho intramolecular Hbond substituents is 1. The smallest absolute Gasteiger partial charge is 0.337 e. The Morgan fingerprint density at radius 2 is 1.67 bits per heavy atom. The molecule has 0 saturated heterocycles. The maximum absolute atomic E-state index is 12.5. The van der Waals surface area contributed by atoms with Crippen LogP contribution in [0.2, 0.25) is 0 Å². The number of rotatable bonds is 4. The lowest BCUT2D eigenvalue weighted by Crippen LogP contribution is -2.20. The Kier molecular flexibility index (Phi) is 5.22. The number of benzene rings is 2. The molecule has 0 aliphatic heterocycles. The Labute approximate surface area is 159 Å². The predicted molar refractivity (Wildman–Crippen MR) is 104 cm³/mol. The Morgan fingerprint density at radius 3 is 2.26 bits per heavy atom. The number of carboxylic acids is 1. The minimum absolute atomic E-state index is 0.0694. The van der Waals surface area contributed by atoms with Crippen molar-refractivity contribution < 1.29 is 19.8 Å². The number of carbonyl (C=O) groups excluding carboxylic acids is 1. The summed E-state index contributed by atoms with van der Waals surface area (Å²) >= 11 is 0. The largest absolute Gasteiger partial charge is 0.508 e. The maximum atomic E-state index is 12.5. The van der Waals surface area contributed by atoms with E-state index < -0.39 is 11.9 Å². The molecule has 27 heavy (non-hydrogen) atoms. The van der Waals surface area contributed by atoms with E-state index in [1.165, 1.54) is 24.3 Å².